The second-order valence-electron chi connectivity index (χ2n) is 4.38. The molecule has 19 heavy (non-hydrogen) atoms. The van der Waals surface area contributed by atoms with Crippen LogP contribution in [0.25, 0.3) is 10.9 Å². The highest BCUT2D eigenvalue weighted by Crippen LogP contribution is 2.22. The highest BCUT2D eigenvalue weighted by atomic mass is 35.5. The fraction of sp³-hybridized carbons (Fsp3) is 0.417. The van der Waals surface area contributed by atoms with Gasteiger partial charge in [-0.25, -0.2) is 8.42 Å². The largest absolute Gasteiger partial charge is 0.266 e. The molecule has 1 aromatic heterocycles. The summed E-state index contributed by atoms with van der Waals surface area (Å²) in [4.78, 5) is 0. The first kappa shape index (κ1) is 14.3. The number of rotatable bonds is 6. The molecule has 7 heteroatoms. The van der Waals surface area contributed by atoms with Crippen LogP contribution in [0.2, 0.25) is 5.15 Å². The third-order valence-electron chi connectivity index (χ3n) is 2.80. The number of unbranched alkanes of at least 4 members (excludes halogenated alkanes) is 1. The van der Waals surface area contributed by atoms with Gasteiger partial charge in [0.1, 0.15) is 5.15 Å². The molecule has 0 saturated carbocycles. The SMILES string of the molecule is O=S(=O)(CCCCF)Cc1ccc2n[nH]c(Cl)c2c1. The summed E-state index contributed by atoms with van der Waals surface area (Å²) in [7, 11) is -3.21. The number of halogens is 2. The van der Waals surface area contributed by atoms with Gasteiger partial charge in [0.05, 0.1) is 23.7 Å². The first-order chi connectivity index (χ1) is 9.02. The average Bonchev–Trinajstić information content (AvgIpc) is 2.71. The van der Waals surface area contributed by atoms with Gasteiger partial charge in [0.25, 0.3) is 0 Å². The number of sulfone groups is 1. The van der Waals surface area contributed by atoms with E-state index in [2.05, 4.69) is 10.2 Å². The maximum absolute atomic E-state index is 12.0. The highest BCUT2D eigenvalue weighted by Gasteiger charge is 2.13. The Kier molecular flexibility index (Phi) is 4.42. The van der Waals surface area contributed by atoms with Crippen LogP contribution in [0, 0.1) is 0 Å². The number of aromatic nitrogens is 2. The van der Waals surface area contributed by atoms with Crippen molar-refractivity contribution in [3.05, 3.63) is 28.9 Å². The van der Waals surface area contributed by atoms with Gasteiger partial charge in [-0.05, 0) is 30.5 Å². The van der Waals surface area contributed by atoms with E-state index in [1.165, 1.54) is 0 Å². The lowest BCUT2D eigenvalue weighted by atomic mass is 10.2. The molecule has 1 heterocycles. The molecule has 0 bridgehead atoms. The van der Waals surface area contributed by atoms with E-state index in [1.54, 1.807) is 18.2 Å². The van der Waals surface area contributed by atoms with Gasteiger partial charge in [-0.3, -0.25) is 9.49 Å². The molecule has 0 aliphatic heterocycles. The Balaban J connectivity index is 2.14. The third-order valence-corrected chi connectivity index (χ3v) is 4.77. The first-order valence-corrected chi connectivity index (χ1v) is 8.11. The van der Waals surface area contributed by atoms with Gasteiger partial charge in [0.15, 0.2) is 9.84 Å². The molecule has 1 N–H and O–H groups in total. The molecule has 0 unspecified atom stereocenters. The molecule has 2 rings (SSSR count). The molecule has 0 saturated heterocycles. The molecule has 104 valence electrons. The summed E-state index contributed by atoms with van der Waals surface area (Å²) < 4.78 is 35.7. The number of alkyl halides is 1. The smallest absolute Gasteiger partial charge is 0.154 e. The van der Waals surface area contributed by atoms with Crippen LogP contribution in [0.15, 0.2) is 18.2 Å². The standard InChI is InChI=1S/C12H14ClFN2O2S/c13-12-10-7-9(3-4-11(10)15-16-12)8-19(17,18)6-2-1-5-14/h3-4,7H,1-2,5-6,8H2,(H,15,16). The van der Waals surface area contributed by atoms with E-state index in [4.69, 9.17) is 11.6 Å². The summed E-state index contributed by atoms with van der Waals surface area (Å²) in [6.45, 7) is -0.480. The second-order valence-corrected chi connectivity index (χ2v) is 6.94. The van der Waals surface area contributed by atoms with Gasteiger partial charge in [-0.2, -0.15) is 5.10 Å². The van der Waals surface area contributed by atoms with Crippen molar-refractivity contribution >= 4 is 32.3 Å². The number of hydrogen-bond donors (Lipinski definition) is 1. The zero-order valence-corrected chi connectivity index (χ0v) is 11.8. The van der Waals surface area contributed by atoms with Gasteiger partial charge in [0.2, 0.25) is 0 Å². The Labute approximate surface area is 115 Å². The molecule has 0 fully saturated rings. The van der Waals surface area contributed by atoms with Crippen molar-refractivity contribution in [3.8, 4) is 0 Å². The van der Waals surface area contributed by atoms with E-state index < -0.39 is 16.5 Å². The van der Waals surface area contributed by atoms with Crippen molar-refractivity contribution < 1.29 is 12.8 Å². The lowest BCUT2D eigenvalue weighted by molar-refractivity contribution is 0.468. The molecule has 1 aromatic carbocycles. The van der Waals surface area contributed by atoms with Crippen LogP contribution in [-0.2, 0) is 15.6 Å². The molecular weight excluding hydrogens is 291 g/mol. The minimum Gasteiger partial charge on any atom is -0.266 e. The molecule has 0 aliphatic carbocycles. The van der Waals surface area contributed by atoms with Crippen molar-refractivity contribution in [2.75, 3.05) is 12.4 Å². The van der Waals surface area contributed by atoms with Crippen LogP contribution >= 0.6 is 11.6 Å². The van der Waals surface area contributed by atoms with Crippen molar-refractivity contribution in [2.45, 2.75) is 18.6 Å². The van der Waals surface area contributed by atoms with Crippen molar-refractivity contribution in [1.29, 1.82) is 0 Å². The maximum Gasteiger partial charge on any atom is 0.154 e. The normalized spacial score (nSPS) is 12.1. The summed E-state index contributed by atoms with van der Waals surface area (Å²) >= 11 is 5.91. The van der Waals surface area contributed by atoms with Gasteiger partial charge >= 0.3 is 0 Å². The van der Waals surface area contributed by atoms with Crippen LogP contribution in [0.5, 0.6) is 0 Å². The predicted octanol–water partition coefficient (Wildman–Crippen LogP) is 2.88. The number of nitrogens with zero attached hydrogens (tertiary/aromatic N) is 1. The minimum absolute atomic E-state index is 0.00801. The average molecular weight is 305 g/mol. The van der Waals surface area contributed by atoms with Crippen molar-refractivity contribution in [1.82, 2.24) is 10.2 Å². The molecule has 0 spiro atoms. The topological polar surface area (TPSA) is 62.8 Å². The Bertz CT molecular complexity index is 669. The zero-order chi connectivity index (χ0) is 13.9. The van der Waals surface area contributed by atoms with Gasteiger partial charge in [-0.15, -0.1) is 0 Å². The van der Waals surface area contributed by atoms with Crippen LogP contribution in [0.4, 0.5) is 4.39 Å². The Hall–Kier alpha value is -1.14. The van der Waals surface area contributed by atoms with Crippen LogP contribution in [-0.4, -0.2) is 31.0 Å². The van der Waals surface area contributed by atoms with Crippen LogP contribution in [0.1, 0.15) is 18.4 Å². The number of nitrogens with one attached hydrogen (secondary N) is 1. The Morgan fingerprint density at radius 1 is 1.32 bits per heavy atom. The van der Waals surface area contributed by atoms with E-state index in [0.29, 0.717) is 28.0 Å². The molecule has 0 radical (unpaired) electrons. The molecule has 0 aliphatic rings. The van der Waals surface area contributed by atoms with E-state index in [1.807, 2.05) is 0 Å². The fourth-order valence-electron chi connectivity index (χ4n) is 1.86. The summed E-state index contributed by atoms with van der Waals surface area (Å²) in [6.07, 6.45) is 0.638. The van der Waals surface area contributed by atoms with E-state index >= 15 is 0 Å². The molecule has 0 atom stereocenters. The number of hydrogen-bond acceptors (Lipinski definition) is 3. The van der Waals surface area contributed by atoms with E-state index in [-0.39, 0.29) is 17.9 Å². The van der Waals surface area contributed by atoms with Gasteiger partial charge in [0, 0.05) is 5.39 Å². The van der Waals surface area contributed by atoms with Gasteiger partial charge < -0.3 is 0 Å². The zero-order valence-electron chi connectivity index (χ0n) is 10.2. The maximum atomic E-state index is 12.0. The lowest BCUT2D eigenvalue weighted by Gasteiger charge is -2.04. The summed E-state index contributed by atoms with van der Waals surface area (Å²) in [5.74, 6) is -0.0508. The number of aromatic amines is 1. The van der Waals surface area contributed by atoms with Gasteiger partial charge in [-0.1, -0.05) is 17.7 Å². The molecule has 4 nitrogen and oxygen atoms in total. The van der Waals surface area contributed by atoms with Crippen LogP contribution in [0.3, 0.4) is 0 Å². The summed E-state index contributed by atoms with van der Waals surface area (Å²) in [5.41, 5.74) is 1.36. The number of benzene rings is 1. The fourth-order valence-corrected chi connectivity index (χ4v) is 3.53. The third kappa shape index (κ3) is 3.67. The molecular formula is C12H14ClFN2O2S. The molecule has 2 aromatic rings. The minimum atomic E-state index is -3.21. The summed E-state index contributed by atoms with van der Waals surface area (Å²) in [5, 5.41) is 7.70. The predicted molar refractivity (Wildman–Crippen MR) is 73.8 cm³/mol. The van der Waals surface area contributed by atoms with Crippen molar-refractivity contribution in [2.24, 2.45) is 0 Å². The monoisotopic (exact) mass is 304 g/mol. The van der Waals surface area contributed by atoms with E-state index in [0.717, 1.165) is 0 Å². The van der Waals surface area contributed by atoms with E-state index in [9.17, 15) is 12.8 Å². The van der Waals surface area contributed by atoms with Crippen molar-refractivity contribution in [3.63, 3.8) is 0 Å². The summed E-state index contributed by atoms with van der Waals surface area (Å²) in [6, 6.07) is 5.16. The Morgan fingerprint density at radius 2 is 2.11 bits per heavy atom. The quantitative estimate of drug-likeness (QED) is 0.835. The van der Waals surface area contributed by atoms with Crippen LogP contribution < -0.4 is 0 Å². The molecule has 0 amide bonds. The number of fused-ring (bicyclic) bond motifs is 1. The highest BCUT2D eigenvalue weighted by molar-refractivity contribution is 7.90. The second kappa shape index (κ2) is 5.88. The first-order valence-electron chi connectivity index (χ1n) is 5.91. The lowest BCUT2D eigenvalue weighted by Crippen LogP contribution is -2.09. The Morgan fingerprint density at radius 3 is 2.84 bits per heavy atom. The number of H-pyrrole nitrogens is 1.